The molecule has 1 aliphatic carbocycles. The number of aromatic carboxylic acids is 1. The first-order valence-electron chi connectivity index (χ1n) is 6.73. The van der Waals surface area contributed by atoms with Gasteiger partial charge >= 0.3 is 5.97 Å². The van der Waals surface area contributed by atoms with Crippen LogP contribution in [0.4, 0.5) is 0 Å². The molecule has 2 aromatic rings. The smallest absolute Gasteiger partial charge is 0.335 e. The minimum atomic E-state index is -0.935. The van der Waals surface area contributed by atoms with Crippen LogP contribution in [0.1, 0.15) is 55.3 Å². The van der Waals surface area contributed by atoms with Crippen LogP contribution in [0.3, 0.4) is 0 Å². The van der Waals surface area contributed by atoms with Gasteiger partial charge in [-0.15, -0.1) is 0 Å². The molecular formula is C15H17NO3. The van der Waals surface area contributed by atoms with Gasteiger partial charge in [0.05, 0.1) is 5.56 Å². The highest BCUT2D eigenvalue weighted by Gasteiger charge is 2.33. The Morgan fingerprint density at radius 1 is 1.32 bits per heavy atom. The zero-order valence-electron chi connectivity index (χ0n) is 11.0. The minimum absolute atomic E-state index is 0.000652. The van der Waals surface area contributed by atoms with Gasteiger partial charge in [0.2, 0.25) is 5.89 Å². The van der Waals surface area contributed by atoms with Gasteiger partial charge in [0.15, 0.2) is 5.58 Å². The molecule has 0 bridgehead atoms. The van der Waals surface area contributed by atoms with Gasteiger partial charge in [-0.1, -0.05) is 26.2 Å². The van der Waals surface area contributed by atoms with E-state index < -0.39 is 5.97 Å². The second-order valence-corrected chi connectivity index (χ2v) is 5.63. The molecule has 1 saturated carbocycles. The quantitative estimate of drug-likeness (QED) is 0.892. The van der Waals surface area contributed by atoms with Crippen molar-refractivity contribution in [3.05, 3.63) is 29.7 Å². The number of hydrogen-bond donors (Lipinski definition) is 1. The number of carboxylic acid groups (broad SMARTS) is 1. The van der Waals surface area contributed by atoms with Crippen molar-refractivity contribution in [1.29, 1.82) is 0 Å². The molecule has 19 heavy (non-hydrogen) atoms. The molecule has 1 fully saturated rings. The van der Waals surface area contributed by atoms with Crippen molar-refractivity contribution in [1.82, 2.24) is 4.98 Å². The average molecular weight is 259 g/mol. The number of rotatable bonds is 2. The molecule has 0 aliphatic heterocycles. The topological polar surface area (TPSA) is 63.3 Å². The van der Waals surface area contributed by atoms with E-state index in [-0.39, 0.29) is 11.0 Å². The van der Waals surface area contributed by atoms with Crippen LogP contribution in [0, 0.1) is 0 Å². The second kappa shape index (κ2) is 4.37. The van der Waals surface area contributed by atoms with E-state index in [1.165, 1.54) is 19.3 Å². The molecule has 1 aromatic heterocycles. The highest BCUT2D eigenvalue weighted by Crippen LogP contribution is 2.39. The lowest BCUT2D eigenvalue weighted by molar-refractivity contribution is 0.0697. The summed E-state index contributed by atoms with van der Waals surface area (Å²) >= 11 is 0. The third-order valence-corrected chi connectivity index (χ3v) is 4.11. The van der Waals surface area contributed by atoms with Gasteiger partial charge in [0.25, 0.3) is 0 Å². The summed E-state index contributed by atoms with van der Waals surface area (Å²) in [6.45, 7) is 2.19. The lowest BCUT2D eigenvalue weighted by atomic mass is 9.76. The van der Waals surface area contributed by atoms with Crippen molar-refractivity contribution >= 4 is 17.1 Å². The summed E-state index contributed by atoms with van der Waals surface area (Å²) in [6, 6.07) is 4.83. The van der Waals surface area contributed by atoms with Crippen LogP contribution in [-0.2, 0) is 5.41 Å². The molecule has 0 saturated heterocycles. The molecule has 0 unspecified atom stereocenters. The maximum absolute atomic E-state index is 11.0. The predicted octanol–water partition coefficient (Wildman–Crippen LogP) is 3.75. The monoisotopic (exact) mass is 259 g/mol. The van der Waals surface area contributed by atoms with Crippen molar-refractivity contribution < 1.29 is 14.3 Å². The lowest BCUT2D eigenvalue weighted by Crippen LogP contribution is -2.25. The normalized spacial score (nSPS) is 18.6. The Kier molecular flexibility index (Phi) is 2.81. The van der Waals surface area contributed by atoms with Gasteiger partial charge < -0.3 is 9.52 Å². The van der Waals surface area contributed by atoms with E-state index >= 15 is 0 Å². The molecule has 3 rings (SSSR count). The first-order chi connectivity index (χ1) is 9.08. The largest absolute Gasteiger partial charge is 0.478 e. The molecule has 1 aromatic carbocycles. The first-order valence-corrected chi connectivity index (χ1v) is 6.73. The molecule has 4 nitrogen and oxygen atoms in total. The molecular weight excluding hydrogens is 242 g/mol. The standard InChI is InChI=1S/C15H17NO3/c1-15(7-3-2-4-8-15)14-16-11-9-10(13(17)18)5-6-12(11)19-14/h5-6,9H,2-4,7-8H2,1H3,(H,17,18). The molecule has 4 heteroatoms. The maximum atomic E-state index is 11.0. The number of carbonyl (C=O) groups is 1. The Morgan fingerprint density at radius 2 is 2.05 bits per heavy atom. The third-order valence-electron chi connectivity index (χ3n) is 4.11. The Morgan fingerprint density at radius 3 is 2.74 bits per heavy atom. The van der Waals surface area contributed by atoms with E-state index in [9.17, 15) is 4.79 Å². The van der Waals surface area contributed by atoms with Gasteiger partial charge in [0, 0.05) is 5.41 Å². The first kappa shape index (κ1) is 12.2. The molecule has 1 N–H and O–H groups in total. The Hall–Kier alpha value is -1.84. The second-order valence-electron chi connectivity index (χ2n) is 5.63. The number of nitrogens with zero attached hydrogens (tertiary/aromatic N) is 1. The van der Waals surface area contributed by atoms with Crippen LogP contribution < -0.4 is 0 Å². The van der Waals surface area contributed by atoms with Gasteiger partial charge in [-0.05, 0) is 31.0 Å². The van der Waals surface area contributed by atoms with E-state index in [1.807, 2.05) is 0 Å². The number of fused-ring (bicyclic) bond motifs is 1. The fourth-order valence-electron chi connectivity index (χ4n) is 2.86. The molecule has 0 amide bonds. The van der Waals surface area contributed by atoms with Crippen molar-refractivity contribution in [2.75, 3.05) is 0 Å². The van der Waals surface area contributed by atoms with Crippen LogP contribution in [0.25, 0.3) is 11.1 Å². The van der Waals surface area contributed by atoms with Crippen molar-refractivity contribution in [2.24, 2.45) is 0 Å². The fraction of sp³-hybridized carbons (Fsp3) is 0.467. The van der Waals surface area contributed by atoms with Crippen LogP contribution in [0.5, 0.6) is 0 Å². The molecule has 100 valence electrons. The zero-order chi connectivity index (χ0) is 13.5. The summed E-state index contributed by atoms with van der Waals surface area (Å²) in [5.41, 5.74) is 1.57. The maximum Gasteiger partial charge on any atom is 0.335 e. The summed E-state index contributed by atoms with van der Waals surface area (Å²) in [6.07, 6.45) is 5.86. The van der Waals surface area contributed by atoms with Crippen molar-refractivity contribution in [3.8, 4) is 0 Å². The van der Waals surface area contributed by atoms with E-state index in [0.29, 0.717) is 11.1 Å². The number of carboxylic acids is 1. The number of benzene rings is 1. The summed E-state index contributed by atoms with van der Waals surface area (Å²) in [4.78, 5) is 15.5. The van der Waals surface area contributed by atoms with Crippen molar-refractivity contribution in [2.45, 2.75) is 44.4 Å². The number of oxazole rings is 1. The summed E-state index contributed by atoms with van der Waals surface area (Å²) in [5.74, 6) is -0.180. The van der Waals surface area contributed by atoms with Gasteiger partial charge in [-0.25, -0.2) is 9.78 Å². The highest BCUT2D eigenvalue weighted by atomic mass is 16.4. The average Bonchev–Trinajstić information content (AvgIpc) is 2.83. The molecule has 0 atom stereocenters. The molecule has 0 spiro atoms. The highest BCUT2D eigenvalue weighted by molar-refractivity contribution is 5.91. The Labute approximate surface area is 111 Å². The SMILES string of the molecule is CC1(c2nc3cc(C(=O)O)ccc3o2)CCCCC1. The number of aromatic nitrogens is 1. The molecule has 1 aliphatic rings. The lowest BCUT2D eigenvalue weighted by Gasteiger charge is -2.30. The summed E-state index contributed by atoms with van der Waals surface area (Å²) < 4.78 is 5.84. The predicted molar refractivity (Wildman–Crippen MR) is 71.4 cm³/mol. The Bertz CT molecular complexity index is 623. The van der Waals surface area contributed by atoms with E-state index in [0.717, 1.165) is 18.7 Å². The summed E-state index contributed by atoms with van der Waals surface area (Å²) in [5, 5.41) is 8.99. The van der Waals surface area contributed by atoms with Crippen LogP contribution >= 0.6 is 0 Å². The van der Waals surface area contributed by atoms with Gasteiger partial charge in [0.1, 0.15) is 5.52 Å². The van der Waals surface area contributed by atoms with E-state index in [1.54, 1.807) is 18.2 Å². The van der Waals surface area contributed by atoms with Crippen LogP contribution in [0.15, 0.2) is 22.6 Å². The zero-order valence-corrected chi connectivity index (χ0v) is 11.0. The molecule has 0 radical (unpaired) electrons. The minimum Gasteiger partial charge on any atom is -0.478 e. The Balaban J connectivity index is 2.03. The van der Waals surface area contributed by atoms with E-state index in [2.05, 4.69) is 11.9 Å². The summed E-state index contributed by atoms with van der Waals surface area (Å²) in [7, 11) is 0. The number of hydrogen-bond acceptors (Lipinski definition) is 3. The van der Waals surface area contributed by atoms with Crippen molar-refractivity contribution in [3.63, 3.8) is 0 Å². The van der Waals surface area contributed by atoms with Crippen LogP contribution in [0.2, 0.25) is 0 Å². The molecule has 1 heterocycles. The van der Waals surface area contributed by atoms with Crippen LogP contribution in [-0.4, -0.2) is 16.1 Å². The third kappa shape index (κ3) is 2.11. The van der Waals surface area contributed by atoms with Gasteiger partial charge in [-0.3, -0.25) is 0 Å². The van der Waals surface area contributed by atoms with Gasteiger partial charge in [-0.2, -0.15) is 0 Å². The van der Waals surface area contributed by atoms with E-state index in [4.69, 9.17) is 9.52 Å². The fourth-order valence-corrected chi connectivity index (χ4v) is 2.86.